The zero-order valence-electron chi connectivity index (χ0n) is 13.5. The minimum atomic E-state index is -0.658. The fourth-order valence-corrected chi connectivity index (χ4v) is 4.34. The number of carbonyl (C=O) groups is 2. The molecule has 2 aliphatic heterocycles. The van der Waals surface area contributed by atoms with Gasteiger partial charge in [-0.15, -0.1) is 0 Å². The van der Waals surface area contributed by atoms with Gasteiger partial charge in [-0.1, -0.05) is 22.0 Å². The number of nitrogens with two attached hydrogens (primary N) is 1. The summed E-state index contributed by atoms with van der Waals surface area (Å²) in [7, 11) is 0. The van der Waals surface area contributed by atoms with E-state index >= 15 is 0 Å². The van der Waals surface area contributed by atoms with Gasteiger partial charge in [0.15, 0.2) is 5.69 Å². The molecular weight excluding hydrogens is 384 g/mol. The Balaban J connectivity index is 1.74. The Morgan fingerprint density at radius 2 is 2.04 bits per heavy atom. The molecule has 2 aliphatic carbocycles. The highest BCUT2D eigenvalue weighted by atomic mass is 79.9. The number of benzene rings is 1. The first kappa shape index (κ1) is 15.1. The van der Waals surface area contributed by atoms with Crippen molar-refractivity contribution in [1.82, 2.24) is 14.9 Å². The number of rotatable bonds is 3. The summed E-state index contributed by atoms with van der Waals surface area (Å²) in [6, 6.07) is 6.55. The van der Waals surface area contributed by atoms with Gasteiger partial charge < -0.3 is 15.6 Å². The van der Waals surface area contributed by atoms with Gasteiger partial charge in [-0.25, -0.2) is 4.98 Å². The number of primary amides is 1. The summed E-state index contributed by atoms with van der Waals surface area (Å²) in [4.78, 5) is 29.3. The summed E-state index contributed by atoms with van der Waals surface area (Å²) >= 11 is 3.52. The SMILES string of the molecule is NC(=O)c1nc2n(c1C(=O)NC1CC1)C1CC(C1)c1ccc(Br)cc1-2. The Morgan fingerprint density at radius 1 is 1.28 bits per heavy atom. The van der Waals surface area contributed by atoms with Crippen molar-refractivity contribution >= 4 is 27.7 Å². The molecule has 3 heterocycles. The second-order valence-corrected chi connectivity index (χ2v) is 8.08. The van der Waals surface area contributed by atoms with Crippen LogP contribution in [0.2, 0.25) is 0 Å². The molecule has 6 rings (SSSR count). The molecule has 2 bridgehead atoms. The summed E-state index contributed by atoms with van der Waals surface area (Å²) in [5.41, 5.74) is 8.16. The maximum atomic E-state index is 12.8. The molecule has 2 fully saturated rings. The molecule has 25 heavy (non-hydrogen) atoms. The standard InChI is InChI=1S/C18H17BrN4O2/c19-9-1-4-12-8-5-11(6-8)23-15(18(25)21-10-2-3-10)14(16(20)24)22-17(23)13(12)7-9/h1,4,7-8,10-11H,2-3,5-6H2,(H2,20,24)(H,21,25). The third kappa shape index (κ3) is 2.25. The van der Waals surface area contributed by atoms with Crippen LogP contribution in [0.1, 0.15) is 64.2 Å². The van der Waals surface area contributed by atoms with Crippen LogP contribution in [0.5, 0.6) is 0 Å². The van der Waals surface area contributed by atoms with E-state index in [1.54, 1.807) is 0 Å². The summed E-state index contributed by atoms with van der Waals surface area (Å²) < 4.78 is 2.90. The lowest BCUT2D eigenvalue weighted by atomic mass is 9.75. The molecule has 2 amide bonds. The van der Waals surface area contributed by atoms with E-state index < -0.39 is 5.91 Å². The minimum Gasteiger partial charge on any atom is -0.364 e. The smallest absolute Gasteiger partial charge is 0.270 e. The average molecular weight is 401 g/mol. The number of hydrogen-bond donors (Lipinski definition) is 2. The van der Waals surface area contributed by atoms with Crippen molar-refractivity contribution < 1.29 is 9.59 Å². The average Bonchev–Trinajstić information content (AvgIpc) is 3.28. The van der Waals surface area contributed by atoms with E-state index in [0.717, 1.165) is 35.7 Å². The number of nitrogens with zero attached hydrogens (tertiary/aromatic N) is 2. The van der Waals surface area contributed by atoms with Crippen LogP contribution in [0, 0.1) is 0 Å². The summed E-state index contributed by atoms with van der Waals surface area (Å²) in [6.07, 6.45) is 3.89. The molecule has 7 heteroatoms. The third-order valence-electron chi connectivity index (χ3n) is 5.45. The van der Waals surface area contributed by atoms with E-state index in [1.807, 2.05) is 16.7 Å². The Hall–Kier alpha value is -2.15. The normalized spacial score (nSPS) is 23.1. The molecule has 0 spiro atoms. The van der Waals surface area contributed by atoms with Crippen molar-refractivity contribution in [1.29, 1.82) is 0 Å². The fraction of sp³-hybridized carbons (Fsp3) is 0.389. The maximum absolute atomic E-state index is 12.8. The molecule has 2 aromatic rings. The number of aromatic nitrogens is 2. The Bertz CT molecular complexity index is 925. The molecule has 0 radical (unpaired) electrons. The largest absolute Gasteiger partial charge is 0.364 e. The molecule has 0 atom stereocenters. The molecule has 0 saturated heterocycles. The zero-order valence-corrected chi connectivity index (χ0v) is 15.0. The molecule has 3 N–H and O–H groups in total. The zero-order chi connectivity index (χ0) is 17.3. The molecule has 6 nitrogen and oxygen atoms in total. The second-order valence-electron chi connectivity index (χ2n) is 7.17. The molecule has 4 aliphatic rings. The number of nitrogens with one attached hydrogen (secondary N) is 1. The van der Waals surface area contributed by atoms with Crippen molar-refractivity contribution in [3.8, 4) is 11.4 Å². The number of hydrogen-bond acceptors (Lipinski definition) is 3. The van der Waals surface area contributed by atoms with Crippen LogP contribution in [0.15, 0.2) is 22.7 Å². The van der Waals surface area contributed by atoms with Crippen molar-refractivity contribution in [2.75, 3.05) is 0 Å². The van der Waals surface area contributed by atoms with E-state index in [0.29, 0.717) is 17.4 Å². The van der Waals surface area contributed by atoms with Crippen LogP contribution in [0.4, 0.5) is 0 Å². The highest BCUT2D eigenvalue weighted by Gasteiger charge is 2.42. The number of imidazole rings is 1. The fourth-order valence-electron chi connectivity index (χ4n) is 3.98. The van der Waals surface area contributed by atoms with Gasteiger partial charge in [-0.2, -0.15) is 0 Å². The van der Waals surface area contributed by atoms with Crippen LogP contribution in [-0.4, -0.2) is 27.4 Å². The quantitative estimate of drug-likeness (QED) is 0.829. The highest BCUT2D eigenvalue weighted by Crippen LogP contribution is 2.53. The Morgan fingerprint density at radius 3 is 2.72 bits per heavy atom. The number of carbonyl (C=O) groups excluding carboxylic acids is 2. The van der Waals surface area contributed by atoms with E-state index in [4.69, 9.17) is 5.73 Å². The maximum Gasteiger partial charge on any atom is 0.270 e. The minimum absolute atomic E-state index is 0.0735. The van der Waals surface area contributed by atoms with Gasteiger partial charge in [0.1, 0.15) is 11.5 Å². The second kappa shape index (κ2) is 5.17. The highest BCUT2D eigenvalue weighted by molar-refractivity contribution is 9.10. The lowest BCUT2D eigenvalue weighted by Crippen LogP contribution is -2.33. The first-order valence-electron chi connectivity index (χ1n) is 8.55. The lowest BCUT2D eigenvalue weighted by Gasteiger charge is -2.35. The van der Waals surface area contributed by atoms with E-state index in [2.05, 4.69) is 32.3 Å². The first-order chi connectivity index (χ1) is 12.0. The Labute approximate surface area is 152 Å². The van der Waals surface area contributed by atoms with Crippen molar-refractivity contribution in [3.63, 3.8) is 0 Å². The van der Waals surface area contributed by atoms with Crippen LogP contribution in [-0.2, 0) is 0 Å². The molecule has 2 saturated carbocycles. The van der Waals surface area contributed by atoms with Gasteiger partial charge in [-0.05, 0) is 49.3 Å². The van der Waals surface area contributed by atoms with Crippen LogP contribution < -0.4 is 11.1 Å². The van der Waals surface area contributed by atoms with Gasteiger partial charge in [-0.3, -0.25) is 9.59 Å². The number of amides is 2. The van der Waals surface area contributed by atoms with Crippen molar-refractivity contribution in [3.05, 3.63) is 39.6 Å². The number of halogens is 1. The van der Waals surface area contributed by atoms with Gasteiger partial charge in [0.2, 0.25) is 0 Å². The summed E-state index contributed by atoms with van der Waals surface area (Å²) in [5, 5.41) is 2.98. The predicted octanol–water partition coefficient (Wildman–Crippen LogP) is 2.74. The molecule has 128 valence electrons. The molecule has 1 aromatic heterocycles. The molecule has 0 unspecified atom stereocenters. The molecular formula is C18H17BrN4O2. The van der Waals surface area contributed by atoms with E-state index in [1.165, 1.54) is 5.56 Å². The lowest BCUT2D eigenvalue weighted by molar-refractivity contribution is 0.0918. The third-order valence-corrected chi connectivity index (χ3v) is 5.94. The van der Waals surface area contributed by atoms with Gasteiger partial charge >= 0.3 is 0 Å². The Kier molecular flexibility index (Phi) is 3.13. The van der Waals surface area contributed by atoms with Gasteiger partial charge in [0.05, 0.1) is 0 Å². The predicted molar refractivity (Wildman–Crippen MR) is 95.4 cm³/mol. The molecule has 1 aromatic carbocycles. The van der Waals surface area contributed by atoms with E-state index in [-0.39, 0.29) is 23.7 Å². The summed E-state index contributed by atoms with van der Waals surface area (Å²) in [5.74, 6) is 0.258. The van der Waals surface area contributed by atoms with Crippen LogP contribution >= 0.6 is 15.9 Å². The van der Waals surface area contributed by atoms with Gasteiger partial charge in [0, 0.05) is 22.1 Å². The first-order valence-corrected chi connectivity index (χ1v) is 9.35. The van der Waals surface area contributed by atoms with Crippen LogP contribution in [0.25, 0.3) is 11.4 Å². The van der Waals surface area contributed by atoms with E-state index in [9.17, 15) is 9.59 Å². The van der Waals surface area contributed by atoms with Crippen molar-refractivity contribution in [2.45, 2.75) is 43.7 Å². The van der Waals surface area contributed by atoms with Crippen molar-refractivity contribution in [2.24, 2.45) is 5.73 Å². The topological polar surface area (TPSA) is 90.0 Å². The van der Waals surface area contributed by atoms with Crippen LogP contribution in [0.3, 0.4) is 0 Å². The summed E-state index contributed by atoms with van der Waals surface area (Å²) in [6.45, 7) is 0. The monoisotopic (exact) mass is 400 g/mol. The van der Waals surface area contributed by atoms with Gasteiger partial charge in [0.25, 0.3) is 11.8 Å².